The van der Waals surface area contributed by atoms with Crippen LogP contribution in [0.3, 0.4) is 0 Å². The number of piperazine rings is 1. The number of nitrogens with two attached hydrogens (primary N) is 1. The molecule has 1 amide bonds. The highest BCUT2D eigenvalue weighted by Gasteiger charge is 2.22. The zero-order valence-corrected chi connectivity index (χ0v) is 11.5. The maximum Gasteiger partial charge on any atom is 0.224 e. The van der Waals surface area contributed by atoms with E-state index in [-0.39, 0.29) is 11.9 Å². The zero-order chi connectivity index (χ0) is 12.8. The fourth-order valence-electron chi connectivity index (χ4n) is 2.10. The van der Waals surface area contributed by atoms with Gasteiger partial charge in [0.2, 0.25) is 5.91 Å². The number of hydrogen-bond acceptors (Lipinski definition) is 3. The highest BCUT2D eigenvalue weighted by Crippen LogP contribution is 2.08. The van der Waals surface area contributed by atoms with Gasteiger partial charge in [0, 0.05) is 38.6 Å². The summed E-state index contributed by atoms with van der Waals surface area (Å²) in [5.41, 5.74) is 5.94. The molecule has 1 fully saturated rings. The van der Waals surface area contributed by atoms with Crippen LogP contribution in [0.4, 0.5) is 0 Å². The van der Waals surface area contributed by atoms with E-state index in [2.05, 4.69) is 25.7 Å². The van der Waals surface area contributed by atoms with Crippen molar-refractivity contribution in [1.29, 1.82) is 0 Å². The summed E-state index contributed by atoms with van der Waals surface area (Å²) in [6, 6.07) is -0.00354. The Labute approximate surface area is 105 Å². The van der Waals surface area contributed by atoms with Gasteiger partial charge in [-0.05, 0) is 18.9 Å². The van der Waals surface area contributed by atoms with Crippen LogP contribution in [-0.4, -0.2) is 54.5 Å². The molecule has 0 aliphatic carbocycles. The van der Waals surface area contributed by atoms with Crippen molar-refractivity contribution in [3.05, 3.63) is 0 Å². The summed E-state index contributed by atoms with van der Waals surface area (Å²) in [5.74, 6) is 0.600. The number of nitrogens with zero attached hydrogens (tertiary/aromatic N) is 2. The van der Waals surface area contributed by atoms with E-state index in [0.717, 1.165) is 32.7 Å². The molecule has 0 spiro atoms. The fourth-order valence-corrected chi connectivity index (χ4v) is 2.10. The number of hydrogen-bond donors (Lipinski definition) is 1. The van der Waals surface area contributed by atoms with Gasteiger partial charge in [-0.15, -0.1) is 0 Å². The van der Waals surface area contributed by atoms with Gasteiger partial charge in [-0.25, -0.2) is 0 Å². The van der Waals surface area contributed by atoms with E-state index >= 15 is 0 Å². The summed E-state index contributed by atoms with van der Waals surface area (Å²) in [6.07, 6.45) is 1.68. The summed E-state index contributed by atoms with van der Waals surface area (Å²) < 4.78 is 0. The van der Waals surface area contributed by atoms with Gasteiger partial charge in [-0.2, -0.15) is 0 Å². The lowest BCUT2D eigenvalue weighted by Gasteiger charge is -2.35. The maximum atomic E-state index is 12.0. The van der Waals surface area contributed by atoms with Crippen molar-refractivity contribution in [3.8, 4) is 0 Å². The Balaban J connectivity index is 2.31. The van der Waals surface area contributed by atoms with E-state index in [1.54, 1.807) is 0 Å². The van der Waals surface area contributed by atoms with Crippen molar-refractivity contribution in [1.82, 2.24) is 9.80 Å². The predicted molar refractivity (Wildman–Crippen MR) is 70.7 cm³/mol. The minimum absolute atomic E-state index is 0.00354. The first-order chi connectivity index (χ1) is 8.04. The lowest BCUT2D eigenvalue weighted by molar-refractivity contribution is -0.133. The van der Waals surface area contributed by atoms with E-state index < -0.39 is 0 Å². The van der Waals surface area contributed by atoms with Crippen LogP contribution in [-0.2, 0) is 4.79 Å². The van der Waals surface area contributed by atoms with Crippen LogP contribution in [0.1, 0.15) is 33.6 Å². The molecule has 1 heterocycles. The minimum atomic E-state index is -0.00354. The maximum absolute atomic E-state index is 12.0. The number of carbonyl (C=O) groups is 1. The summed E-state index contributed by atoms with van der Waals surface area (Å²) in [6.45, 7) is 11.2. The number of rotatable bonds is 5. The molecule has 2 N–H and O–H groups in total. The molecule has 0 bridgehead atoms. The Morgan fingerprint density at radius 3 is 2.29 bits per heavy atom. The average molecular weight is 241 g/mol. The van der Waals surface area contributed by atoms with Gasteiger partial charge in [0.1, 0.15) is 0 Å². The molecule has 4 heteroatoms. The first-order valence-corrected chi connectivity index (χ1v) is 6.80. The van der Waals surface area contributed by atoms with Gasteiger partial charge in [0.05, 0.1) is 0 Å². The topological polar surface area (TPSA) is 49.6 Å². The highest BCUT2D eigenvalue weighted by atomic mass is 16.2. The normalized spacial score (nSPS) is 19.7. The van der Waals surface area contributed by atoms with Crippen LogP contribution in [0.5, 0.6) is 0 Å². The SMILES string of the molecule is CCCN1CCN(C(=O)CC(N)C(C)C)CC1. The number of carbonyl (C=O) groups excluding carboxylic acids is 1. The summed E-state index contributed by atoms with van der Waals surface area (Å²) in [7, 11) is 0. The molecule has 1 unspecified atom stereocenters. The molecular weight excluding hydrogens is 214 g/mol. The molecule has 0 aromatic heterocycles. The van der Waals surface area contributed by atoms with Crippen molar-refractivity contribution in [3.63, 3.8) is 0 Å². The van der Waals surface area contributed by atoms with Gasteiger partial charge in [-0.3, -0.25) is 9.69 Å². The first-order valence-electron chi connectivity index (χ1n) is 6.80. The molecule has 0 aromatic rings. The monoisotopic (exact) mass is 241 g/mol. The molecular formula is C13H27N3O. The third kappa shape index (κ3) is 4.64. The molecule has 17 heavy (non-hydrogen) atoms. The van der Waals surface area contributed by atoms with E-state index in [1.807, 2.05) is 4.90 Å². The summed E-state index contributed by atoms with van der Waals surface area (Å²) in [5, 5.41) is 0. The molecule has 1 atom stereocenters. The van der Waals surface area contributed by atoms with Crippen molar-refractivity contribution < 1.29 is 4.79 Å². The van der Waals surface area contributed by atoms with Crippen molar-refractivity contribution in [2.45, 2.75) is 39.7 Å². The quantitative estimate of drug-likeness (QED) is 0.778. The molecule has 0 radical (unpaired) electrons. The van der Waals surface area contributed by atoms with Crippen molar-refractivity contribution in [2.24, 2.45) is 11.7 Å². The fraction of sp³-hybridized carbons (Fsp3) is 0.923. The van der Waals surface area contributed by atoms with Gasteiger partial charge in [-0.1, -0.05) is 20.8 Å². The smallest absolute Gasteiger partial charge is 0.224 e. The van der Waals surface area contributed by atoms with Crippen LogP contribution < -0.4 is 5.73 Å². The van der Waals surface area contributed by atoms with Crippen molar-refractivity contribution >= 4 is 5.91 Å². The molecule has 100 valence electrons. The Morgan fingerprint density at radius 1 is 1.24 bits per heavy atom. The first kappa shape index (κ1) is 14.5. The average Bonchev–Trinajstić information content (AvgIpc) is 2.30. The second kappa shape index (κ2) is 6.97. The standard InChI is InChI=1S/C13H27N3O/c1-4-5-15-6-8-16(9-7-15)13(17)10-12(14)11(2)3/h11-12H,4-10,14H2,1-3H3. The Kier molecular flexibility index (Phi) is 5.92. The molecule has 0 aromatic carbocycles. The Morgan fingerprint density at radius 2 is 1.82 bits per heavy atom. The highest BCUT2D eigenvalue weighted by molar-refractivity contribution is 5.77. The third-order valence-electron chi connectivity index (χ3n) is 3.53. The molecule has 1 saturated heterocycles. The van der Waals surface area contributed by atoms with Crippen LogP contribution >= 0.6 is 0 Å². The van der Waals surface area contributed by atoms with E-state index in [9.17, 15) is 4.79 Å². The van der Waals surface area contributed by atoms with Crippen LogP contribution in [0.2, 0.25) is 0 Å². The predicted octanol–water partition coefficient (Wildman–Crippen LogP) is 0.914. The Hall–Kier alpha value is -0.610. The van der Waals surface area contributed by atoms with Crippen molar-refractivity contribution in [2.75, 3.05) is 32.7 Å². The van der Waals surface area contributed by atoms with Crippen LogP contribution in [0.25, 0.3) is 0 Å². The van der Waals surface area contributed by atoms with Gasteiger partial charge >= 0.3 is 0 Å². The Bertz CT molecular complexity index is 235. The molecule has 1 aliphatic heterocycles. The second-order valence-electron chi connectivity index (χ2n) is 5.33. The number of amides is 1. The summed E-state index contributed by atoms with van der Waals surface area (Å²) in [4.78, 5) is 16.4. The van der Waals surface area contributed by atoms with E-state index in [1.165, 1.54) is 6.42 Å². The van der Waals surface area contributed by atoms with E-state index in [0.29, 0.717) is 12.3 Å². The van der Waals surface area contributed by atoms with Crippen LogP contribution in [0, 0.1) is 5.92 Å². The molecule has 0 saturated carbocycles. The second-order valence-corrected chi connectivity index (χ2v) is 5.33. The van der Waals surface area contributed by atoms with Gasteiger partial charge in [0.15, 0.2) is 0 Å². The van der Waals surface area contributed by atoms with Crippen LogP contribution in [0.15, 0.2) is 0 Å². The molecule has 4 nitrogen and oxygen atoms in total. The van der Waals surface area contributed by atoms with Gasteiger partial charge < -0.3 is 10.6 Å². The van der Waals surface area contributed by atoms with Gasteiger partial charge in [0.25, 0.3) is 0 Å². The van der Waals surface area contributed by atoms with E-state index in [4.69, 9.17) is 5.73 Å². The zero-order valence-electron chi connectivity index (χ0n) is 11.5. The third-order valence-corrected chi connectivity index (χ3v) is 3.53. The summed E-state index contributed by atoms with van der Waals surface area (Å²) >= 11 is 0. The molecule has 1 rings (SSSR count). The minimum Gasteiger partial charge on any atom is -0.340 e. The largest absolute Gasteiger partial charge is 0.340 e. The molecule has 1 aliphatic rings. The lowest BCUT2D eigenvalue weighted by atomic mass is 10.0. The lowest BCUT2D eigenvalue weighted by Crippen LogP contribution is -2.50.